The van der Waals surface area contributed by atoms with Gasteiger partial charge in [0.1, 0.15) is 5.69 Å². The number of urea groups is 1. The minimum absolute atomic E-state index is 0.0576. The first-order valence-corrected chi connectivity index (χ1v) is 9.55. The first-order chi connectivity index (χ1) is 12.3. The number of amides is 2. The average molecular weight is 434 g/mol. The van der Waals surface area contributed by atoms with Gasteiger partial charge in [0.25, 0.3) is 0 Å². The molecule has 0 unspecified atom stereocenters. The summed E-state index contributed by atoms with van der Waals surface area (Å²) < 4.78 is 0.829. The van der Waals surface area contributed by atoms with Crippen molar-refractivity contribution in [3.8, 4) is 0 Å². The topological polar surface area (TPSA) is 48.8 Å². The number of halogens is 2. The standard InChI is InChI=1S/C19H18BrClN4O/c1-19(2)10-23-17-16-15(7-13(20)8-22-16)24(18(26)25(17)11-19)9-12-3-5-14(21)6-4-12/h3-8H,9-11H2,1-2H3. The van der Waals surface area contributed by atoms with Gasteiger partial charge in [0.05, 0.1) is 12.2 Å². The van der Waals surface area contributed by atoms with Crippen LogP contribution in [0.4, 0.5) is 10.5 Å². The molecule has 1 aromatic heterocycles. The summed E-state index contributed by atoms with van der Waals surface area (Å²) in [5, 5.41) is 0.677. The van der Waals surface area contributed by atoms with Crippen molar-refractivity contribution in [3.05, 3.63) is 57.3 Å². The van der Waals surface area contributed by atoms with E-state index in [2.05, 4.69) is 39.8 Å². The zero-order valence-corrected chi connectivity index (χ0v) is 16.9. The zero-order valence-electron chi connectivity index (χ0n) is 14.5. The van der Waals surface area contributed by atoms with E-state index in [4.69, 9.17) is 11.6 Å². The second-order valence-electron chi connectivity index (χ2n) is 7.41. The van der Waals surface area contributed by atoms with Crippen molar-refractivity contribution in [1.82, 2.24) is 9.88 Å². The smallest absolute Gasteiger partial charge is 0.287 e. The number of aliphatic imine (C=N–C) groups is 1. The van der Waals surface area contributed by atoms with E-state index in [0.29, 0.717) is 30.5 Å². The number of benzene rings is 1. The summed E-state index contributed by atoms with van der Waals surface area (Å²) >= 11 is 9.45. The number of fused-ring (bicyclic) bond motifs is 3. The average Bonchev–Trinajstić information content (AvgIpc) is 2.59. The largest absolute Gasteiger partial charge is 0.330 e. The normalized spacial score (nSPS) is 18.3. The summed E-state index contributed by atoms with van der Waals surface area (Å²) in [6, 6.07) is 9.40. The van der Waals surface area contributed by atoms with E-state index in [1.807, 2.05) is 30.3 Å². The van der Waals surface area contributed by atoms with Crippen LogP contribution in [-0.2, 0) is 6.54 Å². The first kappa shape index (κ1) is 17.5. The van der Waals surface area contributed by atoms with Crippen molar-refractivity contribution in [2.45, 2.75) is 20.4 Å². The van der Waals surface area contributed by atoms with Gasteiger partial charge in [-0.1, -0.05) is 37.6 Å². The van der Waals surface area contributed by atoms with Crippen LogP contribution in [0.25, 0.3) is 0 Å². The maximum atomic E-state index is 13.3. The molecule has 0 radical (unpaired) electrons. The van der Waals surface area contributed by atoms with Crippen molar-refractivity contribution < 1.29 is 4.79 Å². The van der Waals surface area contributed by atoms with Gasteiger partial charge >= 0.3 is 6.03 Å². The highest BCUT2D eigenvalue weighted by Crippen LogP contribution is 2.35. The highest BCUT2D eigenvalue weighted by atomic mass is 79.9. The fourth-order valence-corrected chi connectivity index (χ4v) is 3.71. The number of amidine groups is 1. The quantitative estimate of drug-likeness (QED) is 0.687. The van der Waals surface area contributed by atoms with Gasteiger partial charge in [-0.25, -0.2) is 9.78 Å². The van der Waals surface area contributed by atoms with E-state index in [1.54, 1.807) is 16.0 Å². The molecule has 3 heterocycles. The third-order valence-electron chi connectivity index (χ3n) is 4.55. The number of aromatic nitrogens is 1. The fraction of sp³-hybridized carbons (Fsp3) is 0.316. The summed E-state index contributed by atoms with van der Waals surface area (Å²) in [4.78, 5) is 26.0. The van der Waals surface area contributed by atoms with Crippen LogP contribution >= 0.6 is 27.5 Å². The number of carbonyl (C=O) groups excluding carboxylic acids is 1. The highest BCUT2D eigenvalue weighted by Gasteiger charge is 2.41. The van der Waals surface area contributed by atoms with Gasteiger partial charge in [0, 0.05) is 34.2 Å². The predicted molar refractivity (Wildman–Crippen MR) is 107 cm³/mol. The number of hydrogen-bond acceptors (Lipinski definition) is 3. The number of carbonyl (C=O) groups is 1. The predicted octanol–water partition coefficient (Wildman–Crippen LogP) is 4.73. The van der Waals surface area contributed by atoms with Gasteiger partial charge in [-0.15, -0.1) is 0 Å². The van der Waals surface area contributed by atoms with Crippen LogP contribution in [0.5, 0.6) is 0 Å². The SMILES string of the molecule is CC1(C)CN=C2c3ncc(Br)cc3N(Cc3ccc(Cl)cc3)C(=O)N2C1. The number of anilines is 1. The Morgan fingerprint density at radius 1 is 1.27 bits per heavy atom. The second-order valence-corrected chi connectivity index (χ2v) is 8.76. The Kier molecular flexibility index (Phi) is 4.28. The monoisotopic (exact) mass is 432 g/mol. The Bertz CT molecular complexity index is 910. The minimum atomic E-state index is -0.0705. The van der Waals surface area contributed by atoms with Gasteiger partial charge in [0.2, 0.25) is 0 Å². The number of hydrogen-bond donors (Lipinski definition) is 0. The lowest BCUT2D eigenvalue weighted by molar-refractivity contribution is 0.200. The van der Waals surface area contributed by atoms with Gasteiger partial charge in [-0.3, -0.25) is 14.8 Å². The molecule has 0 aliphatic carbocycles. The van der Waals surface area contributed by atoms with E-state index < -0.39 is 0 Å². The maximum Gasteiger partial charge on any atom is 0.330 e. The van der Waals surface area contributed by atoms with E-state index >= 15 is 0 Å². The molecule has 7 heteroatoms. The van der Waals surface area contributed by atoms with E-state index in [0.717, 1.165) is 21.4 Å². The summed E-state index contributed by atoms with van der Waals surface area (Å²) in [6.45, 7) is 5.99. The molecule has 2 aliphatic rings. The number of nitrogens with zero attached hydrogens (tertiary/aromatic N) is 4. The zero-order chi connectivity index (χ0) is 18.5. The lowest BCUT2D eigenvalue weighted by Gasteiger charge is -2.43. The molecule has 134 valence electrons. The summed E-state index contributed by atoms with van der Waals surface area (Å²) in [5.41, 5.74) is 2.47. The van der Waals surface area contributed by atoms with Crippen LogP contribution in [0.1, 0.15) is 25.1 Å². The van der Waals surface area contributed by atoms with Crippen molar-refractivity contribution in [2.24, 2.45) is 10.4 Å². The first-order valence-electron chi connectivity index (χ1n) is 8.38. The lowest BCUT2D eigenvalue weighted by atomic mass is 9.90. The number of rotatable bonds is 2. The van der Waals surface area contributed by atoms with Gasteiger partial charge in [0.15, 0.2) is 5.84 Å². The van der Waals surface area contributed by atoms with Crippen LogP contribution in [-0.4, -0.2) is 34.8 Å². The van der Waals surface area contributed by atoms with E-state index in [-0.39, 0.29) is 11.4 Å². The summed E-state index contributed by atoms with van der Waals surface area (Å²) in [5.74, 6) is 0.671. The highest BCUT2D eigenvalue weighted by molar-refractivity contribution is 9.10. The van der Waals surface area contributed by atoms with Crippen LogP contribution in [0.2, 0.25) is 5.02 Å². The van der Waals surface area contributed by atoms with E-state index in [9.17, 15) is 4.79 Å². The van der Waals surface area contributed by atoms with Crippen molar-refractivity contribution >= 4 is 45.1 Å². The summed E-state index contributed by atoms with van der Waals surface area (Å²) in [6.07, 6.45) is 1.75. The maximum absolute atomic E-state index is 13.3. The van der Waals surface area contributed by atoms with Gasteiger partial charge < -0.3 is 0 Å². The molecule has 2 aromatic rings. The van der Waals surface area contributed by atoms with Crippen LogP contribution < -0.4 is 4.90 Å². The third kappa shape index (κ3) is 3.12. The molecule has 5 nitrogen and oxygen atoms in total. The van der Waals surface area contributed by atoms with Crippen LogP contribution in [0.3, 0.4) is 0 Å². The van der Waals surface area contributed by atoms with Gasteiger partial charge in [-0.05, 0) is 39.7 Å². The van der Waals surface area contributed by atoms with Crippen LogP contribution in [0, 0.1) is 5.41 Å². The minimum Gasteiger partial charge on any atom is -0.287 e. The summed E-state index contributed by atoms with van der Waals surface area (Å²) in [7, 11) is 0. The second kappa shape index (κ2) is 6.35. The molecule has 0 atom stereocenters. The molecule has 0 fully saturated rings. The molecule has 0 spiro atoms. The Morgan fingerprint density at radius 2 is 2.00 bits per heavy atom. The molecule has 0 saturated carbocycles. The lowest BCUT2D eigenvalue weighted by Crippen LogP contribution is -2.56. The molecule has 4 rings (SSSR count). The molecule has 2 amide bonds. The molecule has 0 bridgehead atoms. The van der Waals surface area contributed by atoms with Crippen LogP contribution in [0.15, 0.2) is 46.0 Å². The molecule has 1 aromatic carbocycles. The Labute approximate surface area is 165 Å². The van der Waals surface area contributed by atoms with Crippen molar-refractivity contribution in [2.75, 3.05) is 18.0 Å². The van der Waals surface area contributed by atoms with E-state index in [1.165, 1.54) is 0 Å². The molecular weight excluding hydrogens is 416 g/mol. The molecule has 2 aliphatic heterocycles. The Hall–Kier alpha value is -1.92. The Balaban J connectivity index is 1.80. The molecule has 26 heavy (non-hydrogen) atoms. The molecule has 0 saturated heterocycles. The van der Waals surface area contributed by atoms with Gasteiger partial charge in [-0.2, -0.15) is 0 Å². The van der Waals surface area contributed by atoms with Crippen molar-refractivity contribution in [1.29, 1.82) is 0 Å². The fourth-order valence-electron chi connectivity index (χ4n) is 3.27. The Morgan fingerprint density at radius 3 is 2.73 bits per heavy atom. The number of pyridine rings is 1. The molecule has 0 N–H and O–H groups in total. The third-order valence-corrected chi connectivity index (χ3v) is 5.24. The van der Waals surface area contributed by atoms with Crippen molar-refractivity contribution in [3.63, 3.8) is 0 Å². The molecular formula is C19H18BrClN4O.